The molecule has 2 aliphatic rings. The number of ether oxygens (including phenoxy) is 1. The molecule has 1 aromatic heterocycles. The van der Waals surface area contributed by atoms with Crippen LogP contribution in [0.2, 0.25) is 0 Å². The molecule has 0 spiro atoms. The molecular weight excluding hydrogens is 445 g/mol. The van der Waals surface area contributed by atoms with Crippen LogP contribution in [-0.2, 0) is 21.8 Å². The lowest BCUT2D eigenvalue weighted by Gasteiger charge is -2.34. The quantitative estimate of drug-likeness (QED) is 0.663. The summed E-state index contributed by atoms with van der Waals surface area (Å²) in [4.78, 5) is 13.9. The van der Waals surface area contributed by atoms with Crippen LogP contribution in [0.4, 0.5) is 10.2 Å². The summed E-state index contributed by atoms with van der Waals surface area (Å²) < 4.78 is 48.2. The maximum absolute atomic E-state index is 13.7. The van der Waals surface area contributed by atoms with Crippen molar-refractivity contribution in [3.8, 4) is 0 Å². The SMILES string of the molecule is Cn1cc(F)c(=O)cc1N1CC[C@H](NS(C)(=O)=O)[C@@H]1CO[C@H]1CC[C@@H](c2ccccc2)CC1. The van der Waals surface area contributed by atoms with Gasteiger partial charge in [-0.15, -0.1) is 0 Å². The van der Waals surface area contributed by atoms with E-state index in [0.29, 0.717) is 31.3 Å². The third kappa shape index (κ3) is 5.83. The molecule has 2 fully saturated rings. The van der Waals surface area contributed by atoms with Crippen molar-refractivity contribution >= 4 is 15.8 Å². The first-order valence-electron chi connectivity index (χ1n) is 11.5. The molecule has 0 unspecified atom stereocenters. The summed E-state index contributed by atoms with van der Waals surface area (Å²) in [7, 11) is -1.73. The molecule has 4 rings (SSSR count). The summed E-state index contributed by atoms with van der Waals surface area (Å²) in [5.74, 6) is 0.289. The van der Waals surface area contributed by atoms with Gasteiger partial charge in [0.15, 0.2) is 5.82 Å². The first kappa shape index (κ1) is 23.9. The molecule has 33 heavy (non-hydrogen) atoms. The molecule has 1 saturated carbocycles. The molecule has 2 heterocycles. The second-order valence-corrected chi connectivity index (χ2v) is 11.0. The molecule has 1 aliphatic heterocycles. The third-order valence-electron chi connectivity index (χ3n) is 6.82. The lowest BCUT2D eigenvalue weighted by molar-refractivity contribution is 0.0155. The summed E-state index contributed by atoms with van der Waals surface area (Å²) in [6.45, 7) is 0.875. The van der Waals surface area contributed by atoms with Crippen LogP contribution in [0, 0.1) is 5.82 Å². The van der Waals surface area contributed by atoms with Gasteiger partial charge in [0.25, 0.3) is 0 Å². The number of anilines is 1. The number of nitrogens with one attached hydrogen (secondary N) is 1. The predicted octanol–water partition coefficient (Wildman–Crippen LogP) is 2.76. The van der Waals surface area contributed by atoms with Crippen LogP contribution in [-0.4, -0.2) is 50.6 Å². The van der Waals surface area contributed by atoms with Crippen molar-refractivity contribution in [2.45, 2.75) is 56.2 Å². The third-order valence-corrected chi connectivity index (χ3v) is 7.55. The van der Waals surface area contributed by atoms with E-state index >= 15 is 0 Å². The van der Waals surface area contributed by atoms with E-state index in [2.05, 4.69) is 29.0 Å². The maximum atomic E-state index is 13.7. The second-order valence-electron chi connectivity index (χ2n) is 9.22. The van der Waals surface area contributed by atoms with Gasteiger partial charge in [0.05, 0.1) is 25.0 Å². The molecular formula is C24H32FN3O4S. The zero-order valence-electron chi connectivity index (χ0n) is 19.1. The molecule has 0 radical (unpaired) electrons. The van der Waals surface area contributed by atoms with Crippen LogP contribution in [0.15, 0.2) is 47.4 Å². The molecule has 1 N–H and O–H groups in total. The van der Waals surface area contributed by atoms with E-state index in [9.17, 15) is 17.6 Å². The Hall–Kier alpha value is -2.23. The van der Waals surface area contributed by atoms with Gasteiger partial charge >= 0.3 is 0 Å². The Balaban J connectivity index is 1.45. The summed E-state index contributed by atoms with van der Waals surface area (Å²) in [6, 6.07) is 11.2. The number of hydrogen-bond donors (Lipinski definition) is 1. The van der Waals surface area contributed by atoms with Crippen LogP contribution in [0.1, 0.15) is 43.6 Å². The minimum absolute atomic E-state index is 0.114. The van der Waals surface area contributed by atoms with Crippen LogP contribution in [0.25, 0.3) is 0 Å². The number of benzene rings is 1. The fourth-order valence-electron chi connectivity index (χ4n) is 5.15. The minimum atomic E-state index is -3.41. The first-order chi connectivity index (χ1) is 15.7. The minimum Gasteiger partial charge on any atom is -0.376 e. The Kier molecular flexibility index (Phi) is 7.21. The maximum Gasteiger partial charge on any atom is 0.219 e. The van der Waals surface area contributed by atoms with Crippen molar-refractivity contribution in [3.05, 3.63) is 64.2 Å². The lowest BCUT2D eigenvalue weighted by atomic mass is 9.83. The van der Waals surface area contributed by atoms with E-state index in [0.717, 1.165) is 38.1 Å². The molecule has 2 atom stereocenters. The van der Waals surface area contributed by atoms with Crippen LogP contribution >= 0.6 is 0 Å². The molecule has 7 nitrogen and oxygen atoms in total. The topological polar surface area (TPSA) is 80.6 Å². The number of aromatic nitrogens is 1. The fraction of sp³-hybridized carbons (Fsp3) is 0.542. The average Bonchev–Trinajstić information content (AvgIpc) is 3.16. The number of halogens is 1. The Bertz CT molecular complexity index is 1110. The van der Waals surface area contributed by atoms with E-state index in [1.54, 1.807) is 11.6 Å². The zero-order chi connectivity index (χ0) is 23.6. The van der Waals surface area contributed by atoms with Crippen molar-refractivity contribution < 1.29 is 17.5 Å². The first-order valence-corrected chi connectivity index (χ1v) is 13.4. The van der Waals surface area contributed by atoms with Gasteiger partial charge in [0.2, 0.25) is 15.5 Å². The Morgan fingerprint density at radius 3 is 2.48 bits per heavy atom. The number of hydrogen-bond acceptors (Lipinski definition) is 5. The van der Waals surface area contributed by atoms with Crippen molar-refractivity contribution in [2.75, 3.05) is 24.3 Å². The zero-order valence-corrected chi connectivity index (χ0v) is 19.9. The van der Waals surface area contributed by atoms with Crippen molar-refractivity contribution in [1.82, 2.24) is 9.29 Å². The smallest absolute Gasteiger partial charge is 0.219 e. The number of pyridine rings is 1. The van der Waals surface area contributed by atoms with Crippen LogP contribution in [0.5, 0.6) is 0 Å². The largest absolute Gasteiger partial charge is 0.376 e. The van der Waals surface area contributed by atoms with Crippen molar-refractivity contribution in [2.24, 2.45) is 7.05 Å². The monoisotopic (exact) mass is 477 g/mol. The summed E-state index contributed by atoms with van der Waals surface area (Å²) in [6.07, 6.45) is 7.01. The number of nitrogens with zero attached hydrogens (tertiary/aromatic N) is 2. The number of rotatable bonds is 7. The van der Waals surface area contributed by atoms with Crippen molar-refractivity contribution in [3.63, 3.8) is 0 Å². The van der Waals surface area contributed by atoms with Crippen LogP contribution in [0.3, 0.4) is 0 Å². The molecule has 1 aromatic carbocycles. The van der Waals surface area contributed by atoms with Gasteiger partial charge in [0.1, 0.15) is 5.82 Å². The van der Waals surface area contributed by atoms with Gasteiger partial charge in [0, 0.05) is 31.9 Å². The standard InChI is InChI=1S/C24H32FN3O4S/c1-27-15-20(25)23(29)14-24(27)28-13-12-21(26-33(2,30)31)22(28)16-32-19-10-8-18(9-11-19)17-6-4-3-5-7-17/h3-7,14-15,18-19,21-22,26H,8-13,16H2,1-2H3/t18-,19+,21-,22-/m0/s1. The molecule has 180 valence electrons. The van der Waals surface area contributed by atoms with Gasteiger partial charge in [-0.2, -0.15) is 0 Å². The highest BCUT2D eigenvalue weighted by Crippen LogP contribution is 2.34. The van der Waals surface area contributed by atoms with Crippen molar-refractivity contribution in [1.29, 1.82) is 0 Å². The molecule has 1 saturated heterocycles. The molecule has 2 aromatic rings. The van der Waals surface area contributed by atoms with E-state index < -0.39 is 21.3 Å². The Labute approximate surface area is 194 Å². The van der Waals surface area contributed by atoms with E-state index in [1.807, 2.05) is 11.0 Å². The second kappa shape index (κ2) is 9.95. The summed E-state index contributed by atoms with van der Waals surface area (Å²) >= 11 is 0. The average molecular weight is 478 g/mol. The van der Waals surface area contributed by atoms with Gasteiger partial charge in [-0.1, -0.05) is 30.3 Å². The Morgan fingerprint density at radius 1 is 1.12 bits per heavy atom. The van der Waals surface area contributed by atoms with E-state index in [4.69, 9.17) is 4.74 Å². The molecule has 0 bridgehead atoms. The highest BCUT2D eigenvalue weighted by molar-refractivity contribution is 7.88. The Morgan fingerprint density at radius 2 is 1.82 bits per heavy atom. The lowest BCUT2D eigenvalue weighted by Crippen LogP contribution is -2.48. The highest BCUT2D eigenvalue weighted by Gasteiger charge is 2.38. The van der Waals surface area contributed by atoms with E-state index in [-0.39, 0.29) is 18.2 Å². The fourth-order valence-corrected chi connectivity index (χ4v) is 5.98. The highest BCUT2D eigenvalue weighted by atomic mass is 32.2. The molecule has 9 heteroatoms. The number of aryl methyl sites for hydroxylation is 1. The van der Waals surface area contributed by atoms with Crippen LogP contribution < -0.4 is 15.1 Å². The van der Waals surface area contributed by atoms with Gasteiger partial charge in [-0.3, -0.25) is 4.79 Å². The summed E-state index contributed by atoms with van der Waals surface area (Å²) in [5, 5.41) is 0. The van der Waals surface area contributed by atoms with Gasteiger partial charge < -0.3 is 14.2 Å². The van der Waals surface area contributed by atoms with Gasteiger partial charge in [-0.05, 0) is 43.6 Å². The molecule has 0 amide bonds. The summed E-state index contributed by atoms with van der Waals surface area (Å²) in [5.41, 5.74) is 0.689. The molecule has 1 aliphatic carbocycles. The predicted molar refractivity (Wildman–Crippen MR) is 127 cm³/mol. The number of sulfonamides is 1. The van der Waals surface area contributed by atoms with Gasteiger partial charge in [-0.25, -0.2) is 17.5 Å². The van der Waals surface area contributed by atoms with E-state index in [1.165, 1.54) is 11.6 Å². The normalized spacial score (nSPS) is 26.0.